The second-order valence-electron chi connectivity index (χ2n) is 4.98. The van der Waals surface area contributed by atoms with Gasteiger partial charge in [-0.2, -0.15) is 5.26 Å². The quantitative estimate of drug-likeness (QED) is 0.911. The fraction of sp³-hybridized carbons (Fsp3) is 0.250. The van der Waals surface area contributed by atoms with Crippen molar-refractivity contribution < 1.29 is 5.11 Å². The maximum absolute atomic E-state index is 9.91. The Balaban J connectivity index is 1.67. The van der Waals surface area contributed by atoms with Crippen molar-refractivity contribution in [1.29, 1.82) is 5.26 Å². The highest BCUT2D eigenvalue weighted by Crippen LogP contribution is 2.28. The molecule has 3 rings (SSSR count). The first-order chi connectivity index (χ1) is 10.3. The molecule has 0 amide bonds. The van der Waals surface area contributed by atoms with Gasteiger partial charge in [-0.15, -0.1) is 0 Å². The highest BCUT2D eigenvalue weighted by Gasteiger charge is 2.19. The lowest BCUT2D eigenvalue weighted by Crippen LogP contribution is -2.46. The van der Waals surface area contributed by atoms with Crippen LogP contribution in [0.1, 0.15) is 5.69 Å². The summed E-state index contributed by atoms with van der Waals surface area (Å²) in [5.74, 6) is 0.325. The van der Waals surface area contributed by atoms with Crippen LogP contribution in [-0.4, -0.2) is 36.3 Å². The summed E-state index contributed by atoms with van der Waals surface area (Å²) in [6.07, 6.45) is 1.74. The van der Waals surface area contributed by atoms with E-state index in [-0.39, 0.29) is 0 Å². The van der Waals surface area contributed by atoms with E-state index >= 15 is 0 Å². The van der Waals surface area contributed by atoms with E-state index in [0.717, 1.165) is 37.6 Å². The highest BCUT2D eigenvalue weighted by molar-refractivity contribution is 5.59. The number of phenolic OH excluding ortho intramolecular Hbond substituents is 1. The van der Waals surface area contributed by atoms with Crippen LogP contribution >= 0.6 is 0 Å². The topological polar surface area (TPSA) is 63.4 Å². The number of para-hydroxylation sites is 2. The van der Waals surface area contributed by atoms with Crippen LogP contribution in [0.25, 0.3) is 0 Å². The number of benzene rings is 1. The van der Waals surface area contributed by atoms with Crippen molar-refractivity contribution in [3.8, 4) is 11.8 Å². The lowest BCUT2D eigenvalue weighted by atomic mass is 10.2. The Morgan fingerprint density at radius 3 is 2.33 bits per heavy atom. The average Bonchev–Trinajstić information content (AvgIpc) is 2.56. The van der Waals surface area contributed by atoms with E-state index in [1.165, 1.54) is 0 Å². The number of aromatic hydroxyl groups is 1. The van der Waals surface area contributed by atoms with E-state index in [1.807, 2.05) is 30.3 Å². The summed E-state index contributed by atoms with van der Waals surface area (Å²) in [6.45, 7) is 3.42. The van der Waals surface area contributed by atoms with Crippen molar-refractivity contribution in [2.75, 3.05) is 36.0 Å². The fourth-order valence-electron chi connectivity index (χ4n) is 2.58. The maximum atomic E-state index is 9.91. The number of hydrogen-bond acceptors (Lipinski definition) is 5. The lowest BCUT2D eigenvalue weighted by Gasteiger charge is -2.37. The van der Waals surface area contributed by atoms with Gasteiger partial charge in [0.15, 0.2) is 0 Å². The second kappa shape index (κ2) is 5.71. The van der Waals surface area contributed by atoms with E-state index in [2.05, 4.69) is 14.8 Å². The number of anilines is 2. The van der Waals surface area contributed by atoms with Gasteiger partial charge in [0, 0.05) is 26.2 Å². The van der Waals surface area contributed by atoms with Crippen molar-refractivity contribution >= 4 is 11.4 Å². The molecule has 1 aromatic carbocycles. The molecule has 0 saturated carbocycles. The minimum absolute atomic E-state index is 0.325. The Hall–Kier alpha value is -2.74. The third-order valence-electron chi connectivity index (χ3n) is 3.73. The molecule has 0 bridgehead atoms. The van der Waals surface area contributed by atoms with Crippen molar-refractivity contribution in [1.82, 2.24) is 4.98 Å². The van der Waals surface area contributed by atoms with Gasteiger partial charge >= 0.3 is 0 Å². The van der Waals surface area contributed by atoms with Crippen LogP contribution in [0.5, 0.6) is 5.75 Å². The molecule has 106 valence electrons. The van der Waals surface area contributed by atoms with Gasteiger partial charge in [0.05, 0.1) is 17.6 Å². The number of pyridine rings is 1. The summed E-state index contributed by atoms with van der Waals surface area (Å²) in [7, 11) is 0. The molecule has 5 nitrogen and oxygen atoms in total. The van der Waals surface area contributed by atoms with E-state index in [9.17, 15) is 5.11 Å². The second-order valence-corrected chi connectivity index (χ2v) is 4.98. The first-order valence-electron chi connectivity index (χ1n) is 6.92. The molecule has 1 aliphatic rings. The van der Waals surface area contributed by atoms with Crippen LogP contribution in [0.15, 0.2) is 42.6 Å². The number of aromatic nitrogens is 1. The van der Waals surface area contributed by atoms with Gasteiger partial charge in [-0.1, -0.05) is 12.1 Å². The average molecular weight is 280 g/mol. The van der Waals surface area contributed by atoms with Gasteiger partial charge in [0.25, 0.3) is 0 Å². The number of piperazine rings is 1. The van der Waals surface area contributed by atoms with E-state index in [1.54, 1.807) is 18.3 Å². The van der Waals surface area contributed by atoms with Gasteiger partial charge in [-0.25, -0.2) is 4.98 Å². The molecule has 2 aromatic rings. The summed E-state index contributed by atoms with van der Waals surface area (Å²) >= 11 is 0. The first-order valence-corrected chi connectivity index (χ1v) is 6.92. The third-order valence-corrected chi connectivity index (χ3v) is 3.73. The van der Waals surface area contributed by atoms with Crippen molar-refractivity contribution in [3.63, 3.8) is 0 Å². The number of rotatable bonds is 2. The molecule has 1 fully saturated rings. The predicted molar refractivity (Wildman–Crippen MR) is 81.5 cm³/mol. The molecule has 1 saturated heterocycles. The smallest absolute Gasteiger partial charge is 0.140 e. The predicted octanol–water partition coefficient (Wildman–Crippen LogP) is 1.99. The normalized spacial score (nSPS) is 14.8. The SMILES string of the molecule is N#Cc1ccc(N2CCN(c3ccccc3O)CC2)cn1. The van der Waals surface area contributed by atoms with Crippen LogP contribution in [-0.2, 0) is 0 Å². The standard InChI is InChI=1S/C16H16N4O/c17-11-13-5-6-14(12-18-13)19-7-9-20(10-8-19)15-3-1-2-4-16(15)21/h1-6,12,21H,7-10H2. The Kier molecular flexibility index (Phi) is 3.61. The molecule has 0 spiro atoms. The Morgan fingerprint density at radius 2 is 1.71 bits per heavy atom. The zero-order valence-electron chi connectivity index (χ0n) is 11.6. The van der Waals surface area contributed by atoms with Crippen LogP contribution in [0.2, 0.25) is 0 Å². The molecule has 0 radical (unpaired) electrons. The lowest BCUT2D eigenvalue weighted by molar-refractivity contribution is 0.472. The monoisotopic (exact) mass is 280 g/mol. The van der Waals surface area contributed by atoms with E-state index in [0.29, 0.717) is 11.4 Å². The maximum Gasteiger partial charge on any atom is 0.140 e. The van der Waals surface area contributed by atoms with Gasteiger partial charge in [-0.3, -0.25) is 0 Å². The van der Waals surface area contributed by atoms with Gasteiger partial charge in [-0.05, 0) is 24.3 Å². The molecule has 0 aliphatic carbocycles. The Labute approximate surface area is 123 Å². The molecule has 0 unspecified atom stereocenters. The van der Waals surface area contributed by atoms with Crippen LogP contribution in [0.3, 0.4) is 0 Å². The number of nitrogens with zero attached hydrogens (tertiary/aromatic N) is 4. The molecule has 0 atom stereocenters. The molecule has 1 aromatic heterocycles. The minimum atomic E-state index is 0.325. The van der Waals surface area contributed by atoms with Crippen LogP contribution in [0.4, 0.5) is 11.4 Å². The minimum Gasteiger partial charge on any atom is -0.506 e. The molecular formula is C16H16N4O. The van der Waals surface area contributed by atoms with Crippen molar-refractivity contribution in [3.05, 3.63) is 48.3 Å². The third kappa shape index (κ3) is 2.75. The van der Waals surface area contributed by atoms with Crippen molar-refractivity contribution in [2.45, 2.75) is 0 Å². The van der Waals surface area contributed by atoms with Crippen molar-refractivity contribution in [2.24, 2.45) is 0 Å². The summed E-state index contributed by atoms with van der Waals surface area (Å²) in [5.41, 5.74) is 2.35. The molecule has 5 heteroatoms. The van der Waals surface area contributed by atoms with Gasteiger partial charge in [0.1, 0.15) is 17.5 Å². The fourth-order valence-corrected chi connectivity index (χ4v) is 2.58. The van der Waals surface area contributed by atoms with E-state index in [4.69, 9.17) is 5.26 Å². The first kappa shape index (κ1) is 13.3. The summed E-state index contributed by atoms with van der Waals surface area (Å²) in [5, 5.41) is 18.7. The van der Waals surface area contributed by atoms with E-state index < -0.39 is 0 Å². The summed E-state index contributed by atoms with van der Waals surface area (Å²) in [4.78, 5) is 8.53. The zero-order valence-corrected chi connectivity index (χ0v) is 11.6. The number of phenols is 1. The largest absolute Gasteiger partial charge is 0.506 e. The Bertz CT molecular complexity index is 655. The summed E-state index contributed by atoms with van der Waals surface area (Å²) in [6, 6.07) is 13.1. The molecule has 21 heavy (non-hydrogen) atoms. The zero-order chi connectivity index (χ0) is 14.7. The summed E-state index contributed by atoms with van der Waals surface area (Å²) < 4.78 is 0. The molecule has 2 heterocycles. The van der Waals surface area contributed by atoms with Gasteiger partial charge < -0.3 is 14.9 Å². The molecule has 1 aliphatic heterocycles. The van der Waals surface area contributed by atoms with Crippen LogP contribution in [0, 0.1) is 11.3 Å². The number of hydrogen-bond donors (Lipinski definition) is 1. The number of nitriles is 1. The molecule has 1 N–H and O–H groups in total. The highest BCUT2D eigenvalue weighted by atomic mass is 16.3. The van der Waals surface area contributed by atoms with Gasteiger partial charge in [0.2, 0.25) is 0 Å². The molecular weight excluding hydrogens is 264 g/mol. The Morgan fingerprint density at radius 1 is 1.00 bits per heavy atom. The van der Waals surface area contributed by atoms with Crippen LogP contribution < -0.4 is 9.80 Å².